The van der Waals surface area contributed by atoms with Crippen LogP contribution >= 0.6 is 0 Å². The van der Waals surface area contributed by atoms with Crippen LogP contribution in [0.2, 0.25) is 0 Å². The molecule has 0 spiro atoms. The Morgan fingerprint density at radius 1 is 1.31 bits per heavy atom. The van der Waals surface area contributed by atoms with Crippen molar-refractivity contribution in [3.8, 4) is 0 Å². The Labute approximate surface area is 97.1 Å². The lowest BCUT2D eigenvalue weighted by molar-refractivity contribution is 0.0501. The molecule has 0 saturated heterocycles. The molecule has 1 rings (SSSR count). The van der Waals surface area contributed by atoms with Crippen LogP contribution in [0, 0.1) is 0 Å². The van der Waals surface area contributed by atoms with Crippen molar-refractivity contribution < 1.29 is 10.2 Å². The van der Waals surface area contributed by atoms with E-state index in [1.807, 2.05) is 37.3 Å². The molecule has 1 aromatic rings. The van der Waals surface area contributed by atoms with E-state index in [4.69, 9.17) is 0 Å². The molecule has 0 amide bonds. The van der Waals surface area contributed by atoms with E-state index < -0.39 is 5.60 Å². The maximum absolute atomic E-state index is 9.87. The molecule has 3 nitrogen and oxygen atoms in total. The summed E-state index contributed by atoms with van der Waals surface area (Å²) in [6.07, 6.45) is 0.687. The molecule has 0 fully saturated rings. The Balaban J connectivity index is 2.57. The van der Waals surface area contributed by atoms with E-state index in [1.165, 1.54) is 0 Å². The van der Waals surface area contributed by atoms with Gasteiger partial charge < -0.3 is 15.5 Å². The molecule has 0 aromatic heterocycles. The van der Waals surface area contributed by atoms with Crippen LogP contribution < -0.4 is 5.32 Å². The number of hydrogen-bond donors (Lipinski definition) is 3. The SMILES string of the molecule is CCC(C)(O)CNC(CO)c1ccccc1. The van der Waals surface area contributed by atoms with E-state index >= 15 is 0 Å². The smallest absolute Gasteiger partial charge is 0.0741 e. The molecule has 0 aliphatic heterocycles. The van der Waals surface area contributed by atoms with Crippen LogP contribution in [0.5, 0.6) is 0 Å². The number of aliphatic hydroxyl groups is 2. The van der Waals surface area contributed by atoms with Gasteiger partial charge in [0.25, 0.3) is 0 Å². The molecule has 1 aromatic carbocycles. The summed E-state index contributed by atoms with van der Waals surface area (Å²) < 4.78 is 0. The van der Waals surface area contributed by atoms with Crippen LogP contribution in [-0.2, 0) is 0 Å². The molecule has 0 aliphatic rings. The Morgan fingerprint density at radius 3 is 2.44 bits per heavy atom. The Morgan fingerprint density at radius 2 is 1.94 bits per heavy atom. The van der Waals surface area contributed by atoms with Gasteiger partial charge in [-0.15, -0.1) is 0 Å². The van der Waals surface area contributed by atoms with E-state index in [2.05, 4.69) is 5.32 Å². The van der Waals surface area contributed by atoms with Crippen LogP contribution in [0.15, 0.2) is 30.3 Å². The molecule has 0 radical (unpaired) electrons. The normalized spacial score (nSPS) is 16.8. The summed E-state index contributed by atoms with van der Waals surface area (Å²) in [5, 5.41) is 22.4. The van der Waals surface area contributed by atoms with Crippen LogP contribution in [0.4, 0.5) is 0 Å². The minimum absolute atomic E-state index is 0.0316. The lowest BCUT2D eigenvalue weighted by atomic mass is 10.0. The van der Waals surface area contributed by atoms with Gasteiger partial charge in [-0.1, -0.05) is 37.3 Å². The van der Waals surface area contributed by atoms with Gasteiger partial charge in [0.2, 0.25) is 0 Å². The molecule has 0 heterocycles. The summed E-state index contributed by atoms with van der Waals surface area (Å²) in [5.74, 6) is 0. The molecule has 3 N–H and O–H groups in total. The molecule has 2 atom stereocenters. The predicted molar refractivity (Wildman–Crippen MR) is 65.2 cm³/mol. The standard InChI is InChI=1S/C13H21NO2/c1-3-13(2,16)10-14-12(9-15)11-7-5-4-6-8-11/h4-8,12,14-16H,3,9-10H2,1-2H3. The Kier molecular flexibility index (Phi) is 4.93. The van der Waals surface area contributed by atoms with Gasteiger partial charge >= 0.3 is 0 Å². The average Bonchev–Trinajstić information content (AvgIpc) is 2.31. The third-order valence-corrected chi connectivity index (χ3v) is 2.88. The molecular weight excluding hydrogens is 202 g/mol. The number of benzene rings is 1. The van der Waals surface area contributed by atoms with Gasteiger partial charge in [-0.25, -0.2) is 0 Å². The highest BCUT2D eigenvalue weighted by Gasteiger charge is 2.19. The second-order valence-electron chi connectivity index (χ2n) is 4.38. The van der Waals surface area contributed by atoms with Gasteiger partial charge in [-0.2, -0.15) is 0 Å². The van der Waals surface area contributed by atoms with Crippen molar-refractivity contribution in [3.05, 3.63) is 35.9 Å². The van der Waals surface area contributed by atoms with Gasteiger partial charge in [-0.3, -0.25) is 0 Å². The maximum Gasteiger partial charge on any atom is 0.0741 e. The number of nitrogens with one attached hydrogen (secondary N) is 1. The van der Waals surface area contributed by atoms with E-state index in [0.717, 1.165) is 5.56 Å². The zero-order chi connectivity index (χ0) is 12.0. The van der Waals surface area contributed by atoms with Gasteiger partial charge in [0, 0.05) is 6.54 Å². The molecule has 90 valence electrons. The highest BCUT2D eigenvalue weighted by molar-refractivity contribution is 5.18. The first-order valence-electron chi connectivity index (χ1n) is 5.70. The van der Waals surface area contributed by atoms with E-state index in [9.17, 15) is 10.2 Å². The Hall–Kier alpha value is -0.900. The monoisotopic (exact) mass is 223 g/mol. The summed E-state index contributed by atoms with van der Waals surface area (Å²) in [5.41, 5.74) is 0.319. The fourth-order valence-electron chi connectivity index (χ4n) is 1.44. The van der Waals surface area contributed by atoms with E-state index in [0.29, 0.717) is 13.0 Å². The minimum Gasteiger partial charge on any atom is -0.394 e. The first-order chi connectivity index (χ1) is 7.59. The highest BCUT2D eigenvalue weighted by atomic mass is 16.3. The van der Waals surface area contributed by atoms with Crippen molar-refractivity contribution in [3.63, 3.8) is 0 Å². The average molecular weight is 223 g/mol. The summed E-state index contributed by atoms with van der Waals surface area (Å²) in [6, 6.07) is 9.65. The Bertz CT molecular complexity index is 298. The van der Waals surface area contributed by atoms with Gasteiger partial charge in [-0.05, 0) is 18.9 Å². The van der Waals surface area contributed by atoms with Gasteiger partial charge in [0.1, 0.15) is 0 Å². The zero-order valence-corrected chi connectivity index (χ0v) is 9.98. The number of rotatable bonds is 6. The quantitative estimate of drug-likeness (QED) is 0.684. The first kappa shape index (κ1) is 13.2. The van der Waals surface area contributed by atoms with Crippen LogP contribution in [0.1, 0.15) is 31.9 Å². The fourth-order valence-corrected chi connectivity index (χ4v) is 1.44. The fraction of sp³-hybridized carbons (Fsp3) is 0.538. The molecule has 16 heavy (non-hydrogen) atoms. The second-order valence-corrected chi connectivity index (χ2v) is 4.38. The van der Waals surface area contributed by atoms with Crippen LogP contribution in [-0.4, -0.2) is 29.0 Å². The van der Waals surface area contributed by atoms with Crippen molar-refractivity contribution in [1.29, 1.82) is 0 Å². The van der Waals surface area contributed by atoms with E-state index in [1.54, 1.807) is 6.92 Å². The minimum atomic E-state index is -0.720. The van der Waals surface area contributed by atoms with Crippen molar-refractivity contribution in [2.75, 3.05) is 13.2 Å². The third kappa shape index (κ3) is 3.93. The molecule has 3 heteroatoms. The topological polar surface area (TPSA) is 52.5 Å². The highest BCUT2D eigenvalue weighted by Crippen LogP contribution is 2.14. The largest absolute Gasteiger partial charge is 0.394 e. The molecule has 0 aliphatic carbocycles. The summed E-state index contributed by atoms with van der Waals surface area (Å²) in [7, 11) is 0. The van der Waals surface area contributed by atoms with Crippen molar-refractivity contribution in [2.45, 2.75) is 31.9 Å². The molecular formula is C13H21NO2. The van der Waals surface area contributed by atoms with Crippen molar-refractivity contribution >= 4 is 0 Å². The summed E-state index contributed by atoms with van der Waals surface area (Å²) in [4.78, 5) is 0. The first-order valence-corrected chi connectivity index (χ1v) is 5.70. The zero-order valence-electron chi connectivity index (χ0n) is 9.98. The summed E-state index contributed by atoms with van der Waals surface area (Å²) >= 11 is 0. The van der Waals surface area contributed by atoms with Gasteiger partial charge in [0.05, 0.1) is 18.2 Å². The number of aliphatic hydroxyl groups excluding tert-OH is 1. The number of hydrogen-bond acceptors (Lipinski definition) is 3. The second kappa shape index (κ2) is 5.99. The molecule has 2 unspecified atom stereocenters. The molecule has 0 saturated carbocycles. The van der Waals surface area contributed by atoms with E-state index in [-0.39, 0.29) is 12.6 Å². The summed E-state index contributed by atoms with van der Waals surface area (Å²) in [6.45, 7) is 4.24. The van der Waals surface area contributed by atoms with Crippen molar-refractivity contribution in [2.24, 2.45) is 0 Å². The van der Waals surface area contributed by atoms with Gasteiger partial charge in [0.15, 0.2) is 0 Å². The third-order valence-electron chi connectivity index (χ3n) is 2.88. The van der Waals surface area contributed by atoms with Crippen molar-refractivity contribution in [1.82, 2.24) is 5.32 Å². The maximum atomic E-state index is 9.87. The van der Waals surface area contributed by atoms with Crippen LogP contribution in [0.25, 0.3) is 0 Å². The lowest BCUT2D eigenvalue weighted by Gasteiger charge is -2.25. The van der Waals surface area contributed by atoms with Crippen LogP contribution in [0.3, 0.4) is 0 Å². The lowest BCUT2D eigenvalue weighted by Crippen LogP contribution is -2.39. The predicted octanol–water partition coefficient (Wildman–Crippen LogP) is 1.47. The molecule has 0 bridgehead atoms.